The molecule has 134 valence electrons. The fraction of sp³-hybridized carbons (Fsp3) is 0.263. The molecule has 0 aliphatic carbocycles. The molecule has 26 heavy (non-hydrogen) atoms. The predicted molar refractivity (Wildman–Crippen MR) is 99.6 cm³/mol. The molecular formula is C19H19ClN4O2. The Morgan fingerprint density at radius 2 is 2.15 bits per heavy atom. The number of carbonyl (C=O) groups is 1. The van der Waals surface area contributed by atoms with Crippen LogP contribution in [0, 0.1) is 0 Å². The van der Waals surface area contributed by atoms with E-state index in [1.165, 1.54) is 0 Å². The maximum absolute atomic E-state index is 12.9. The summed E-state index contributed by atoms with van der Waals surface area (Å²) in [7, 11) is 1.83. The molecule has 0 saturated carbocycles. The van der Waals surface area contributed by atoms with Crippen LogP contribution in [0.4, 0.5) is 0 Å². The van der Waals surface area contributed by atoms with E-state index in [1.54, 1.807) is 34.0 Å². The van der Waals surface area contributed by atoms with E-state index in [0.29, 0.717) is 16.5 Å². The SMILES string of the molecule is CN(C(=O)c1cc(-c2ccco2)n(-c2ccc(Cl)cc2)n1)C1CCNC1. The van der Waals surface area contributed by atoms with Crippen LogP contribution in [0.5, 0.6) is 0 Å². The van der Waals surface area contributed by atoms with Crippen molar-refractivity contribution in [2.24, 2.45) is 0 Å². The molecule has 1 saturated heterocycles. The second kappa shape index (κ2) is 6.97. The van der Waals surface area contributed by atoms with Gasteiger partial charge in [0.15, 0.2) is 11.5 Å². The average molecular weight is 371 g/mol. The predicted octanol–water partition coefficient (Wildman–Crippen LogP) is 3.22. The summed E-state index contributed by atoms with van der Waals surface area (Å²) in [5.41, 5.74) is 1.92. The first kappa shape index (κ1) is 16.9. The van der Waals surface area contributed by atoms with Crippen molar-refractivity contribution in [3.8, 4) is 17.1 Å². The normalized spacial score (nSPS) is 16.8. The van der Waals surface area contributed by atoms with Gasteiger partial charge in [-0.3, -0.25) is 4.79 Å². The van der Waals surface area contributed by atoms with Crippen molar-refractivity contribution in [2.45, 2.75) is 12.5 Å². The van der Waals surface area contributed by atoms with Crippen molar-refractivity contribution in [3.63, 3.8) is 0 Å². The Hall–Kier alpha value is -2.57. The van der Waals surface area contributed by atoms with Gasteiger partial charge in [-0.2, -0.15) is 5.10 Å². The summed E-state index contributed by atoms with van der Waals surface area (Å²) in [6.07, 6.45) is 2.55. The Labute approximate surface area is 156 Å². The zero-order chi connectivity index (χ0) is 18.1. The molecule has 1 amide bonds. The van der Waals surface area contributed by atoms with Crippen LogP contribution in [-0.2, 0) is 0 Å². The number of furan rings is 1. The maximum atomic E-state index is 12.9. The number of carbonyl (C=O) groups excluding carboxylic acids is 1. The number of benzene rings is 1. The molecule has 0 bridgehead atoms. The van der Waals surface area contributed by atoms with Crippen LogP contribution in [0.15, 0.2) is 53.1 Å². The van der Waals surface area contributed by atoms with Gasteiger partial charge in [0.25, 0.3) is 5.91 Å². The fourth-order valence-corrected chi connectivity index (χ4v) is 3.31. The van der Waals surface area contributed by atoms with Crippen LogP contribution in [0.3, 0.4) is 0 Å². The molecule has 7 heteroatoms. The molecule has 1 aliphatic heterocycles. The third-order valence-corrected chi connectivity index (χ3v) is 4.93. The fourth-order valence-electron chi connectivity index (χ4n) is 3.18. The van der Waals surface area contributed by atoms with Gasteiger partial charge in [-0.1, -0.05) is 11.6 Å². The summed E-state index contributed by atoms with van der Waals surface area (Å²) in [5, 5.41) is 8.49. The van der Waals surface area contributed by atoms with E-state index in [2.05, 4.69) is 10.4 Å². The highest BCUT2D eigenvalue weighted by molar-refractivity contribution is 6.30. The Morgan fingerprint density at radius 3 is 2.81 bits per heavy atom. The maximum Gasteiger partial charge on any atom is 0.274 e. The standard InChI is InChI=1S/C19H19ClN4O2/c1-23(15-8-9-21-12-15)19(25)16-11-17(18-3-2-10-26-18)24(22-16)14-6-4-13(20)5-7-14/h2-7,10-11,15,21H,8-9,12H2,1H3. The molecule has 4 rings (SSSR count). The first-order valence-electron chi connectivity index (χ1n) is 8.51. The van der Waals surface area contributed by atoms with Crippen molar-refractivity contribution >= 4 is 17.5 Å². The largest absolute Gasteiger partial charge is 0.463 e. The van der Waals surface area contributed by atoms with Crippen molar-refractivity contribution < 1.29 is 9.21 Å². The van der Waals surface area contributed by atoms with E-state index in [4.69, 9.17) is 16.0 Å². The lowest BCUT2D eigenvalue weighted by Crippen LogP contribution is -2.38. The minimum Gasteiger partial charge on any atom is -0.463 e. The van der Waals surface area contributed by atoms with Gasteiger partial charge in [-0.25, -0.2) is 4.68 Å². The molecule has 3 heterocycles. The van der Waals surface area contributed by atoms with E-state index >= 15 is 0 Å². The smallest absolute Gasteiger partial charge is 0.274 e. The van der Waals surface area contributed by atoms with E-state index in [-0.39, 0.29) is 11.9 Å². The van der Waals surface area contributed by atoms with Crippen molar-refractivity contribution in [1.29, 1.82) is 0 Å². The summed E-state index contributed by atoms with van der Waals surface area (Å²) in [6.45, 7) is 1.74. The van der Waals surface area contributed by atoms with Crippen LogP contribution in [0.2, 0.25) is 5.02 Å². The highest BCUT2D eigenvalue weighted by atomic mass is 35.5. The number of likely N-dealkylation sites (N-methyl/N-ethyl adjacent to an activating group) is 1. The number of hydrogen-bond donors (Lipinski definition) is 1. The number of aromatic nitrogens is 2. The Morgan fingerprint density at radius 1 is 1.35 bits per heavy atom. The number of halogens is 1. The van der Waals surface area contributed by atoms with Gasteiger partial charge in [0.1, 0.15) is 5.69 Å². The Kier molecular flexibility index (Phi) is 4.53. The van der Waals surface area contributed by atoms with Crippen molar-refractivity contribution in [1.82, 2.24) is 20.0 Å². The number of nitrogens with one attached hydrogen (secondary N) is 1. The summed E-state index contributed by atoms with van der Waals surface area (Å²) < 4.78 is 7.25. The third-order valence-electron chi connectivity index (χ3n) is 4.68. The van der Waals surface area contributed by atoms with Gasteiger partial charge >= 0.3 is 0 Å². The third kappa shape index (κ3) is 3.13. The second-order valence-corrected chi connectivity index (χ2v) is 6.78. The van der Waals surface area contributed by atoms with Crippen molar-refractivity contribution in [3.05, 3.63) is 59.4 Å². The molecule has 0 radical (unpaired) electrons. The zero-order valence-corrected chi connectivity index (χ0v) is 15.1. The van der Waals surface area contributed by atoms with E-state index in [9.17, 15) is 4.79 Å². The molecule has 1 aliphatic rings. The summed E-state index contributed by atoms with van der Waals surface area (Å²) in [6, 6.07) is 12.9. The first-order chi connectivity index (χ1) is 12.6. The minimum absolute atomic E-state index is 0.0979. The van der Waals surface area contributed by atoms with Gasteiger partial charge in [0.05, 0.1) is 12.0 Å². The lowest BCUT2D eigenvalue weighted by molar-refractivity contribution is 0.0737. The second-order valence-electron chi connectivity index (χ2n) is 6.34. The number of nitrogens with zero attached hydrogens (tertiary/aromatic N) is 3. The number of amides is 1. The number of rotatable bonds is 4. The Bertz CT molecular complexity index is 896. The topological polar surface area (TPSA) is 63.3 Å². The van der Waals surface area contributed by atoms with Gasteiger partial charge < -0.3 is 14.6 Å². The van der Waals surface area contributed by atoms with Crippen LogP contribution in [0.25, 0.3) is 17.1 Å². The van der Waals surface area contributed by atoms with Crippen LogP contribution >= 0.6 is 11.6 Å². The first-order valence-corrected chi connectivity index (χ1v) is 8.89. The molecule has 1 atom stereocenters. The highest BCUT2D eigenvalue weighted by Gasteiger charge is 2.27. The molecule has 1 fully saturated rings. The van der Waals surface area contributed by atoms with Gasteiger partial charge in [-0.05, 0) is 49.4 Å². The van der Waals surface area contributed by atoms with Crippen LogP contribution < -0.4 is 5.32 Å². The molecule has 0 spiro atoms. The van der Waals surface area contributed by atoms with Gasteiger partial charge in [0.2, 0.25) is 0 Å². The quantitative estimate of drug-likeness (QED) is 0.766. The van der Waals surface area contributed by atoms with E-state index in [0.717, 1.165) is 30.9 Å². The van der Waals surface area contributed by atoms with E-state index in [1.807, 2.05) is 31.3 Å². The monoisotopic (exact) mass is 370 g/mol. The van der Waals surface area contributed by atoms with Crippen LogP contribution in [-0.4, -0.2) is 46.8 Å². The summed E-state index contributed by atoms with van der Waals surface area (Å²) >= 11 is 5.99. The summed E-state index contributed by atoms with van der Waals surface area (Å²) in [4.78, 5) is 14.7. The van der Waals surface area contributed by atoms with Gasteiger partial charge in [-0.15, -0.1) is 0 Å². The molecule has 6 nitrogen and oxygen atoms in total. The molecular weight excluding hydrogens is 352 g/mol. The van der Waals surface area contributed by atoms with E-state index < -0.39 is 0 Å². The highest BCUT2D eigenvalue weighted by Crippen LogP contribution is 2.26. The van der Waals surface area contributed by atoms with Crippen molar-refractivity contribution in [2.75, 3.05) is 20.1 Å². The summed E-state index contributed by atoms with van der Waals surface area (Å²) in [5.74, 6) is 0.552. The molecule has 1 aromatic carbocycles. The minimum atomic E-state index is -0.0979. The van der Waals surface area contributed by atoms with Crippen LogP contribution in [0.1, 0.15) is 16.9 Å². The molecule has 3 aromatic rings. The number of hydrogen-bond acceptors (Lipinski definition) is 4. The molecule has 2 aromatic heterocycles. The van der Waals surface area contributed by atoms with Gasteiger partial charge in [0, 0.05) is 30.7 Å². The zero-order valence-electron chi connectivity index (χ0n) is 14.4. The lowest BCUT2D eigenvalue weighted by Gasteiger charge is -2.22. The molecule has 1 N–H and O–H groups in total. The average Bonchev–Trinajstić information content (AvgIpc) is 3.41. The lowest BCUT2D eigenvalue weighted by atomic mass is 10.2. The Balaban J connectivity index is 1.73. The molecule has 1 unspecified atom stereocenters.